The predicted octanol–water partition coefficient (Wildman–Crippen LogP) is 1.12. The van der Waals surface area contributed by atoms with Gasteiger partial charge in [-0.25, -0.2) is 4.98 Å². The van der Waals surface area contributed by atoms with E-state index in [0.717, 1.165) is 51.6 Å². The molecular weight excluding hydrogens is 236 g/mol. The molecule has 102 valence electrons. The first-order chi connectivity index (χ1) is 9.33. The summed E-state index contributed by atoms with van der Waals surface area (Å²) in [5, 5.41) is 3.32. The summed E-state index contributed by atoms with van der Waals surface area (Å²) in [6.07, 6.45) is 1.87. The summed E-state index contributed by atoms with van der Waals surface area (Å²) in [4.78, 5) is 9.36. The zero-order chi connectivity index (χ0) is 13.1. The molecule has 2 aliphatic heterocycles. The quantitative estimate of drug-likeness (QED) is 0.823. The van der Waals surface area contributed by atoms with E-state index in [0.29, 0.717) is 0 Å². The predicted molar refractivity (Wildman–Crippen MR) is 78.5 cm³/mol. The van der Waals surface area contributed by atoms with Crippen LogP contribution in [0.3, 0.4) is 0 Å². The van der Waals surface area contributed by atoms with Crippen LogP contribution in [0.2, 0.25) is 0 Å². The molecule has 0 amide bonds. The zero-order valence-electron chi connectivity index (χ0n) is 11.6. The van der Waals surface area contributed by atoms with E-state index in [-0.39, 0.29) is 0 Å². The van der Waals surface area contributed by atoms with Crippen LogP contribution in [0.5, 0.6) is 0 Å². The normalized spacial score (nSPS) is 20.3. The Morgan fingerprint density at radius 1 is 1.21 bits per heavy atom. The highest BCUT2D eigenvalue weighted by Gasteiger charge is 2.19. The van der Waals surface area contributed by atoms with Gasteiger partial charge in [0.2, 0.25) is 0 Å². The molecule has 0 aromatic carbocycles. The van der Waals surface area contributed by atoms with Crippen molar-refractivity contribution in [3.8, 4) is 0 Å². The molecule has 0 aliphatic carbocycles. The average molecular weight is 258 g/mol. The zero-order valence-corrected chi connectivity index (χ0v) is 11.6. The number of pyridine rings is 1. The third-order valence-electron chi connectivity index (χ3n) is 4.09. The second-order valence-electron chi connectivity index (χ2n) is 5.44. The highest BCUT2D eigenvalue weighted by molar-refractivity contribution is 5.38. The van der Waals surface area contributed by atoms with Crippen molar-refractivity contribution in [3.05, 3.63) is 35.5 Å². The van der Waals surface area contributed by atoms with Gasteiger partial charge in [0.15, 0.2) is 0 Å². The van der Waals surface area contributed by atoms with Gasteiger partial charge in [0.05, 0.1) is 0 Å². The van der Waals surface area contributed by atoms with Gasteiger partial charge in [-0.2, -0.15) is 0 Å². The molecule has 1 N–H and O–H groups in total. The van der Waals surface area contributed by atoms with Gasteiger partial charge in [0.25, 0.3) is 0 Å². The molecule has 0 bridgehead atoms. The molecule has 4 nitrogen and oxygen atoms in total. The Bertz CT molecular complexity index is 440. The molecule has 4 heteroatoms. The van der Waals surface area contributed by atoms with Crippen LogP contribution in [0.1, 0.15) is 6.92 Å². The number of hydrogen-bond acceptors (Lipinski definition) is 4. The molecule has 19 heavy (non-hydrogen) atoms. The van der Waals surface area contributed by atoms with Crippen molar-refractivity contribution in [1.29, 1.82) is 0 Å². The van der Waals surface area contributed by atoms with Crippen molar-refractivity contribution in [2.75, 3.05) is 50.7 Å². The molecule has 2 aliphatic rings. The summed E-state index contributed by atoms with van der Waals surface area (Å²) in [5.74, 6) is 1.11. The highest BCUT2D eigenvalue weighted by Crippen LogP contribution is 2.15. The van der Waals surface area contributed by atoms with Crippen molar-refractivity contribution in [1.82, 2.24) is 15.2 Å². The van der Waals surface area contributed by atoms with Gasteiger partial charge >= 0.3 is 0 Å². The van der Waals surface area contributed by atoms with E-state index in [9.17, 15) is 0 Å². The fraction of sp³-hybridized carbons (Fsp3) is 0.533. The first-order valence-electron chi connectivity index (χ1n) is 7.09. The van der Waals surface area contributed by atoms with E-state index >= 15 is 0 Å². The summed E-state index contributed by atoms with van der Waals surface area (Å²) < 4.78 is 0. The first kappa shape index (κ1) is 12.6. The SMILES string of the molecule is CC(CN1CCN(c2ccccn2)CC1)=C1CNC1. The van der Waals surface area contributed by atoms with E-state index in [1.807, 2.05) is 12.3 Å². The number of piperazine rings is 1. The summed E-state index contributed by atoms with van der Waals surface area (Å²) in [7, 11) is 0. The lowest BCUT2D eigenvalue weighted by Crippen LogP contribution is -2.47. The Kier molecular flexibility index (Phi) is 3.80. The summed E-state index contributed by atoms with van der Waals surface area (Å²) in [6.45, 7) is 10.0. The van der Waals surface area contributed by atoms with E-state index in [1.165, 1.54) is 0 Å². The van der Waals surface area contributed by atoms with Crippen LogP contribution in [-0.4, -0.2) is 55.7 Å². The number of anilines is 1. The minimum absolute atomic E-state index is 1.08. The monoisotopic (exact) mass is 258 g/mol. The maximum atomic E-state index is 4.43. The fourth-order valence-electron chi connectivity index (χ4n) is 2.67. The van der Waals surface area contributed by atoms with Crippen molar-refractivity contribution < 1.29 is 0 Å². The van der Waals surface area contributed by atoms with Gasteiger partial charge < -0.3 is 10.2 Å². The largest absolute Gasteiger partial charge is 0.354 e. The van der Waals surface area contributed by atoms with Crippen molar-refractivity contribution in [3.63, 3.8) is 0 Å². The first-order valence-corrected chi connectivity index (χ1v) is 7.09. The molecule has 2 fully saturated rings. The third-order valence-corrected chi connectivity index (χ3v) is 4.09. The Morgan fingerprint density at radius 3 is 2.58 bits per heavy atom. The van der Waals surface area contributed by atoms with Crippen LogP contribution in [0.15, 0.2) is 35.5 Å². The summed E-state index contributed by atoms with van der Waals surface area (Å²) >= 11 is 0. The maximum Gasteiger partial charge on any atom is 0.128 e. The van der Waals surface area contributed by atoms with Gasteiger partial charge in [0.1, 0.15) is 5.82 Å². The number of nitrogens with zero attached hydrogens (tertiary/aromatic N) is 3. The van der Waals surface area contributed by atoms with Crippen LogP contribution in [0.25, 0.3) is 0 Å². The van der Waals surface area contributed by atoms with Crippen LogP contribution in [0, 0.1) is 0 Å². The molecule has 0 saturated carbocycles. The topological polar surface area (TPSA) is 31.4 Å². The lowest BCUT2D eigenvalue weighted by atomic mass is 10.0. The van der Waals surface area contributed by atoms with Gasteiger partial charge in [-0.15, -0.1) is 0 Å². The van der Waals surface area contributed by atoms with Gasteiger partial charge in [-0.1, -0.05) is 11.6 Å². The van der Waals surface area contributed by atoms with E-state index in [4.69, 9.17) is 0 Å². The number of nitrogens with one attached hydrogen (secondary N) is 1. The second kappa shape index (κ2) is 5.72. The molecule has 0 unspecified atom stereocenters. The van der Waals surface area contributed by atoms with Crippen LogP contribution in [-0.2, 0) is 0 Å². The fourth-order valence-corrected chi connectivity index (χ4v) is 2.67. The average Bonchev–Trinajstić information content (AvgIpc) is 2.38. The molecular formula is C15H22N4. The smallest absolute Gasteiger partial charge is 0.128 e. The number of aromatic nitrogens is 1. The molecule has 0 atom stereocenters. The van der Waals surface area contributed by atoms with E-state index < -0.39 is 0 Å². The Labute approximate surface area is 115 Å². The molecule has 1 aromatic rings. The number of rotatable bonds is 3. The van der Waals surface area contributed by atoms with Crippen LogP contribution >= 0.6 is 0 Å². The van der Waals surface area contributed by atoms with E-state index in [1.54, 1.807) is 11.1 Å². The lowest BCUT2D eigenvalue weighted by Gasteiger charge is -2.36. The second-order valence-corrected chi connectivity index (χ2v) is 5.44. The highest BCUT2D eigenvalue weighted by atomic mass is 15.3. The molecule has 1 aromatic heterocycles. The molecule has 0 spiro atoms. The summed E-state index contributed by atoms with van der Waals surface area (Å²) in [5.41, 5.74) is 3.16. The van der Waals surface area contributed by atoms with Crippen molar-refractivity contribution >= 4 is 5.82 Å². The van der Waals surface area contributed by atoms with Crippen molar-refractivity contribution in [2.45, 2.75) is 6.92 Å². The standard InChI is InChI=1S/C15H22N4/c1-13(14-10-16-11-14)12-18-6-8-19(9-7-18)15-4-2-3-5-17-15/h2-5,16H,6-12H2,1H3. The van der Waals surface area contributed by atoms with E-state index in [2.05, 4.69) is 39.2 Å². The van der Waals surface area contributed by atoms with Gasteiger partial charge in [-0.3, -0.25) is 4.90 Å². The third kappa shape index (κ3) is 2.96. The Hall–Kier alpha value is -1.39. The number of hydrogen-bond donors (Lipinski definition) is 1. The Balaban J connectivity index is 1.52. The lowest BCUT2D eigenvalue weighted by molar-refractivity contribution is 0.276. The molecule has 0 radical (unpaired) electrons. The minimum atomic E-state index is 1.08. The van der Waals surface area contributed by atoms with Crippen LogP contribution in [0.4, 0.5) is 5.82 Å². The maximum absolute atomic E-state index is 4.43. The van der Waals surface area contributed by atoms with Gasteiger partial charge in [0, 0.05) is 52.0 Å². The minimum Gasteiger partial charge on any atom is -0.354 e. The van der Waals surface area contributed by atoms with Crippen molar-refractivity contribution in [2.24, 2.45) is 0 Å². The summed E-state index contributed by atoms with van der Waals surface area (Å²) in [6, 6.07) is 6.14. The molecule has 3 rings (SSSR count). The van der Waals surface area contributed by atoms with Gasteiger partial charge in [-0.05, 0) is 24.6 Å². The molecule has 2 saturated heterocycles. The van der Waals surface area contributed by atoms with Crippen LogP contribution < -0.4 is 10.2 Å². The molecule has 3 heterocycles. The Morgan fingerprint density at radius 2 is 2.00 bits per heavy atom.